The first kappa shape index (κ1) is 13.3. The van der Waals surface area contributed by atoms with Gasteiger partial charge in [0.2, 0.25) is 0 Å². The Kier molecular flexibility index (Phi) is 6.39. The van der Waals surface area contributed by atoms with Crippen LogP contribution >= 0.6 is 0 Å². The Morgan fingerprint density at radius 3 is 2.21 bits per heavy atom. The number of carbonyl (C=O) groups is 1. The van der Waals surface area contributed by atoms with Gasteiger partial charge >= 0.3 is 5.97 Å². The van der Waals surface area contributed by atoms with Crippen molar-refractivity contribution in [3.8, 4) is 0 Å². The second-order valence-electron chi connectivity index (χ2n) is 2.75. The maximum absolute atomic E-state index is 10.9. The lowest BCUT2D eigenvalue weighted by atomic mass is 10.1. The molecule has 0 heterocycles. The minimum Gasteiger partial charge on any atom is -0.468 e. The van der Waals surface area contributed by atoms with E-state index in [0.717, 1.165) is 0 Å². The number of ether oxygens (including phenoxy) is 3. The molecular formula is C8H17NO5. The summed E-state index contributed by atoms with van der Waals surface area (Å²) in [4.78, 5) is 10.9. The number of nitrogens with two attached hydrogens (primary N) is 1. The predicted molar refractivity (Wildman–Crippen MR) is 48.4 cm³/mol. The molecule has 0 unspecified atom stereocenters. The third-order valence-electron chi connectivity index (χ3n) is 1.85. The molecule has 0 aromatic rings. The Labute approximate surface area is 82.9 Å². The van der Waals surface area contributed by atoms with Crippen molar-refractivity contribution in [3.05, 3.63) is 0 Å². The van der Waals surface area contributed by atoms with Gasteiger partial charge in [-0.15, -0.1) is 0 Å². The number of rotatable bonds is 6. The van der Waals surface area contributed by atoms with E-state index in [1.54, 1.807) is 0 Å². The van der Waals surface area contributed by atoms with Crippen molar-refractivity contribution in [3.63, 3.8) is 0 Å². The number of hydrogen-bond donors (Lipinski definition) is 2. The standard InChI is InChI=1S/C8H17NO5/c1-12-6(13-2)4-5(10)7(9)8(11)14-3/h5-7,10H,4,9H2,1-3H3/t5-,7-/m1/s1. The van der Waals surface area contributed by atoms with E-state index in [-0.39, 0.29) is 6.42 Å². The SMILES string of the molecule is COC(=O)[C@H](N)[C@H](O)CC(OC)OC. The highest BCUT2D eigenvalue weighted by Gasteiger charge is 2.26. The molecule has 0 spiro atoms. The first-order valence-electron chi connectivity index (χ1n) is 4.13. The summed E-state index contributed by atoms with van der Waals surface area (Å²) < 4.78 is 14.1. The van der Waals surface area contributed by atoms with E-state index in [1.807, 2.05) is 0 Å². The molecule has 14 heavy (non-hydrogen) atoms. The van der Waals surface area contributed by atoms with Gasteiger partial charge in [0, 0.05) is 20.6 Å². The van der Waals surface area contributed by atoms with Crippen LogP contribution in [0.4, 0.5) is 0 Å². The zero-order valence-electron chi connectivity index (χ0n) is 8.60. The highest BCUT2D eigenvalue weighted by Crippen LogP contribution is 2.06. The molecule has 0 amide bonds. The van der Waals surface area contributed by atoms with Crippen molar-refractivity contribution in [1.29, 1.82) is 0 Å². The number of methoxy groups -OCH3 is 3. The highest BCUT2D eigenvalue weighted by atomic mass is 16.7. The topological polar surface area (TPSA) is 91.0 Å². The van der Waals surface area contributed by atoms with Crippen molar-refractivity contribution in [2.75, 3.05) is 21.3 Å². The molecule has 0 aliphatic rings. The number of carbonyl (C=O) groups excluding carboxylic acids is 1. The zero-order chi connectivity index (χ0) is 11.1. The molecule has 0 aromatic carbocycles. The van der Waals surface area contributed by atoms with Gasteiger partial charge in [0.15, 0.2) is 6.29 Å². The Hall–Kier alpha value is -0.690. The molecule has 0 fully saturated rings. The van der Waals surface area contributed by atoms with Crippen LogP contribution in [0.1, 0.15) is 6.42 Å². The average Bonchev–Trinajstić information content (AvgIpc) is 2.23. The Morgan fingerprint density at radius 1 is 1.36 bits per heavy atom. The second-order valence-corrected chi connectivity index (χ2v) is 2.75. The number of hydrogen-bond acceptors (Lipinski definition) is 6. The molecule has 0 bridgehead atoms. The summed E-state index contributed by atoms with van der Waals surface area (Å²) in [6.07, 6.45) is -1.52. The largest absolute Gasteiger partial charge is 0.468 e. The van der Waals surface area contributed by atoms with Crippen molar-refractivity contribution in [1.82, 2.24) is 0 Å². The molecule has 0 radical (unpaired) electrons. The normalized spacial score (nSPS) is 15.3. The van der Waals surface area contributed by atoms with Crippen LogP contribution in [-0.4, -0.2) is 50.8 Å². The summed E-state index contributed by atoms with van der Waals surface area (Å²) in [5, 5.41) is 9.47. The lowest BCUT2D eigenvalue weighted by Crippen LogP contribution is -2.44. The third kappa shape index (κ3) is 4.01. The van der Waals surface area contributed by atoms with E-state index in [9.17, 15) is 9.90 Å². The molecule has 2 atom stereocenters. The maximum atomic E-state index is 10.9. The predicted octanol–water partition coefficient (Wildman–Crippen LogP) is -1.14. The molecule has 84 valence electrons. The molecule has 0 rings (SSSR count). The van der Waals surface area contributed by atoms with Gasteiger partial charge in [-0.1, -0.05) is 0 Å². The summed E-state index contributed by atoms with van der Waals surface area (Å²) in [6.45, 7) is 0. The molecule has 0 aliphatic carbocycles. The van der Waals surface area contributed by atoms with Gasteiger partial charge in [0.25, 0.3) is 0 Å². The zero-order valence-corrected chi connectivity index (χ0v) is 8.60. The first-order chi connectivity index (χ1) is 6.56. The lowest BCUT2D eigenvalue weighted by Gasteiger charge is -2.20. The van der Waals surface area contributed by atoms with Crippen LogP contribution in [0.3, 0.4) is 0 Å². The van der Waals surface area contributed by atoms with Crippen LogP contribution in [0.25, 0.3) is 0 Å². The molecule has 0 aliphatic heterocycles. The van der Waals surface area contributed by atoms with Crippen LogP contribution < -0.4 is 5.73 Å². The van der Waals surface area contributed by atoms with Crippen LogP contribution in [0.5, 0.6) is 0 Å². The quantitative estimate of drug-likeness (QED) is 0.422. The fraction of sp³-hybridized carbons (Fsp3) is 0.875. The Morgan fingerprint density at radius 2 is 1.86 bits per heavy atom. The fourth-order valence-corrected chi connectivity index (χ4v) is 0.926. The first-order valence-corrected chi connectivity index (χ1v) is 4.13. The van der Waals surface area contributed by atoms with Crippen molar-refractivity contribution in [2.24, 2.45) is 5.73 Å². The van der Waals surface area contributed by atoms with Gasteiger partial charge in [0.1, 0.15) is 6.04 Å². The Balaban J connectivity index is 4.05. The molecule has 0 saturated carbocycles. The van der Waals surface area contributed by atoms with Gasteiger partial charge in [-0.2, -0.15) is 0 Å². The lowest BCUT2D eigenvalue weighted by molar-refractivity contribution is -0.150. The molecule has 0 aromatic heterocycles. The average molecular weight is 207 g/mol. The maximum Gasteiger partial charge on any atom is 0.325 e. The van der Waals surface area contributed by atoms with E-state index >= 15 is 0 Å². The summed E-state index contributed by atoms with van der Waals surface area (Å²) in [6, 6.07) is -1.08. The number of aliphatic hydroxyl groups is 1. The molecule has 3 N–H and O–H groups in total. The monoisotopic (exact) mass is 207 g/mol. The molecular weight excluding hydrogens is 190 g/mol. The summed E-state index contributed by atoms with van der Waals surface area (Å²) >= 11 is 0. The van der Waals surface area contributed by atoms with Crippen LogP contribution in [0.2, 0.25) is 0 Å². The van der Waals surface area contributed by atoms with Gasteiger partial charge < -0.3 is 25.1 Å². The molecule has 0 saturated heterocycles. The van der Waals surface area contributed by atoms with Gasteiger partial charge in [-0.25, -0.2) is 0 Å². The summed E-state index contributed by atoms with van der Waals surface area (Å²) in [7, 11) is 4.08. The van der Waals surface area contributed by atoms with Crippen LogP contribution in [-0.2, 0) is 19.0 Å². The van der Waals surface area contributed by atoms with Crippen molar-refractivity contribution >= 4 is 5.97 Å². The van der Waals surface area contributed by atoms with Crippen LogP contribution in [0.15, 0.2) is 0 Å². The van der Waals surface area contributed by atoms with Crippen molar-refractivity contribution in [2.45, 2.75) is 24.9 Å². The molecule has 6 nitrogen and oxygen atoms in total. The third-order valence-corrected chi connectivity index (χ3v) is 1.85. The van der Waals surface area contributed by atoms with E-state index in [1.165, 1.54) is 21.3 Å². The van der Waals surface area contributed by atoms with E-state index < -0.39 is 24.4 Å². The van der Waals surface area contributed by atoms with Crippen molar-refractivity contribution < 1.29 is 24.1 Å². The fourth-order valence-electron chi connectivity index (χ4n) is 0.926. The minimum atomic E-state index is -1.08. The summed E-state index contributed by atoms with van der Waals surface area (Å²) in [5.74, 6) is -0.663. The van der Waals surface area contributed by atoms with Gasteiger partial charge in [0.05, 0.1) is 13.2 Å². The smallest absolute Gasteiger partial charge is 0.325 e. The number of esters is 1. The van der Waals surface area contributed by atoms with E-state index in [4.69, 9.17) is 15.2 Å². The minimum absolute atomic E-state index is 0.114. The van der Waals surface area contributed by atoms with Gasteiger partial charge in [-0.3, -0.25) is 4.79 Å². The number of aliphatic hydroxyl groups excluding tert-OH is 1. The van der Waals surface area contributed by atoms with E-state index in [2.05, 4.69) is 4.74 Å². The Bertz CT molecular complexity index is 171. The van der Waals surface area contributed by atoms with Crippen LogP contribution in [0, 0.1) is 0 Å². The molecule has 6 heteroatoms. The van der Waals surface area contributed by atoms with E-state index in [0.29, 0.717) is 0 Å². The van der Waals surface area contributed by atoms with Gasteiger partial charge in [-0.05, 0) is 0 Å². The highest BCUT2D eigenvalue weighted by molar-refractivity contribution is 5.76. The summed E-state index contributed by atoms with van der Waals surface area (Å²) in [5.41, 5.74) is 5.39. The second kappa shape index (κ2) is 6.72.